The van der Waals surface area contributed by atoms with Gasteiger partial charge in [-0.2, -0.15) is 0 Å². The Labute approximate surface area is 441 Å². The maximum Gasteiger partial charge on any atom is 0.306 e. The molecule has 72 heavy (non-hydrogen) atoms. The first-order valence-electron chi connectivity index (χ1n) is 27.9. The highest BCUT2D eigenvalue weighted by atomic mass is 31.2. The van der Waals surface area contributed by atoms with Gasteiger partial charge in [-0.05, 0) is 116 Å². The number of rotatable bonds is 49. The van der Waals surface area contributed by atoms with Crippen molar-refractivity contribution in [2.45, 2.75) is 200 Å². The average molecular weight is 1020 g/mol. The zero-order valence-corrected chi connectivity index (χ0v) is 47.0. The van der Waals surface area contributed by atoms with Gasteiger partial charge in [0.1, 0.15) is 19.8 Å². The molecule has 0 saturated carbocycles. The molecule has 9 nitrogen and oxygen atoms in total. The van der Waals surface area contributed by atoms with E-state index < -0.39 is 32.5 Å². The van der Waals surface area contributed by atoms with Crippen LogP contribution in [0.4, 0.5) is 0 Å². The van der Waals surface area contributed by atoms with Gasteiger partial charge in [0, 0.05) is 12.8 Å². The van der Waals surface area contributed by atoms with Crippen molar-refractivity contribution in [3.63, 3.8) is 0 Å². The Morgan fingerprint density at radius 2 is 0.792 bits per heavy atom. The van der Waals surface area contributed by atoms with Gasteiger partial charge in [0.2, 0.25) is 0 Å². The molecule has 2 atom stereocenters. The van der Waals surface area contributed by atoms with E-state index >= 15 is 0 Å². The lowest BCUT2D eigenvalue weighted by Crippen LogP contribution is -2.37. The molecule has 0 radical (unpaired) electrons. The molecule has 0 aliphatic heterocycles. The number of hydrogen-bond acceptors (Lipinski definition) is 8. The summed E-state index contributed by atoms with van der Waals surface area (Å²) in [7, 11) is 1.12. The van der Waals surface area contributed by atoms with Gasteiger partial charge < -0.3 is 27.9 Å². The number of unbranched alkanes of at least 4 members (excludes halogenated alkanes) is 13. The number of phosphoric ester groups is 1. The number of quaternary nitrogens is 1. The summed E-state index contributed by atoms with van der Waals surface area (Å²) in [6.45, 7) is 4.03. The van der Waals surface area contributed by atoms with Crippen LogP contribution in [0.25, 0.3) is 0 Å². The smallest absolute Gasteiger partial charge is 0.306 e. The SMILES string of the molecule is CC/C=C\C/C=C\C/C=C\C/C=C\C/C=C\C/C=C\C/C=C\C/C=C\C/C=C\CCCCCCCC(=O)OC(COC(=O)CCCCCCC/C=C\C/C=C\CCCCC)COP(=O)([O-])OCC[N+](C)(C)C. The molecule has 0 heterocycles. The van der Waals surface area contributed by atoms with Crippen LogP contribution in [0.5, 0.6) is 0 Å². The number of allylic oxidation sites excluding steroid dienone is 22. The second-order valence-electron chi connectivity index (χ2n) is 19.2. The van der Waals surface area contributed by atoms with Gasteiger partial charge in [-0.25, -0.2) is 0 Å². The summed E-state index contributed by atoms with van der Waals surface area (Å²) in [5.74, 6) is -0.884. The van der Waals surface area contributed by atoms with Crippen molar-refractivity contribution < 1.29 is 42.1 Å². The van der Waals surface area contributed by atoms with E-state index in [2.05, 4.69) is 148 Å². The highest BCUT2D eigenvalue weighted by Gasteiger charge is 2.21. The quantitative estimate of drug-likeness (QED) is 0.0195. The summed E-state index contributed by atoms with van der Waals surface area (Å²) in [4.78, 5) is 37.8. The molecule has 0 aromatic rings. The normalized spacial score (nSPS) is 14.4. The van der Waals surface area contributed by atoms with Gasteiger partial charge in [0.05, 0.1) is 27.7 Å². The number of nitrogens with zero attached hydrogens (tertiary/aromatic N) is 1. The monoisotopic (exact) mass is 1020 g/mol. The molecule has 0 amide bonds. The number of esters is 2. The third-order valence-corrected chi connectivity index (χ3v) is 12.1. The Balaban J connectivity index is 4.27. The van der Waals surface area contributed by atoms with Crippen LogP contribution in [-0.4, -0.2) is 70.0 Å². The van der Waals surface area contributed by atoms with Gasteiger partial charge in [-0.15, -0.1) is 0 Å². The second kappa shape index (κ2) is 52.0. The van der Waals surface area contributed by atoms with E-state index in [9.17, 15) is 19.0 Å². The van der Waals surface area contributed by atoms with Crippen molar-refractivity contribution in [3.8, 4) is 0 Å². The number of carbonyl (C=O) groups is 2. The van der Waals surface area contributed by atoms with E-state index in [-0.39, 0.29) is 26.1 Å². The van der Waals surface area contributed by atoms with E-state index in [1.54, 1.807) is 0 Å². The van der Waals surface area contributed by atoms with Crippen LogP contribution in [0.2, 0.25) is 0 Å². The summed E-state index contributed by atoms with van der Waals surface area (Å²) in [6.07, 6.45) is 74.9. The predicted molar refractivity (Wildman–Crippen MR) is 304 cm³/mol. The Morgan fingerprint density at radius 1 is 0.444 bits per heavy atom. The molecule has 0 aliphatic rings. The molecule has 0 aromatic heterocycles. The molecule has 2 unspecified atom stereocenters. The predicted octanol–water partition coefficient (Wildman–Crippen LogP) is 16.7. The van der Waals surface area contributed by atoms with Gasteiger partial charge >= 0.3 is 11.9 Å². The van der Waals surface area contributed by atoms with Crippen molar-refractivity contribution in [2.75, 3.05) is 47.5 Å². The lowest BCUT2D eigenvalue weighted by Gasteiger charge is -2.28. The van der Waals surface area contributed by atoms with E-state index in [1.807, 2.05) is 21.1 Å². The van der Waals surface area contributed by atoms with E-state index in [0.717, 1.165) is 128 Å². The third-order valence-electron chi connectivity index (χ3n) is 11.2. The fourth-order valence-electron chi connectivity index (χ4n) is 6.85. The first-order chi connectivity index (χ1) is 35.0. The Kier molecular flexibility index (Phi) is 49.2. The van der Waals surface area contributed by atoms with E-state index in [0.29, 0.717) is 23.9 Å². The molecule has 0 saturated heterocycles. The molecule has 0 fully saturated rings. The molecule has 0 rings (SSSR count). The van der Waals surface area contributed by atoms with Crippen molar-refractivity contribution in [1.29, 1.82) is 0 Å². The summed E-state index contributed by atoms with van der Waals surface area (Å²) < 4.78 is 34.0. The third kappa shape index (κ3) is 55.5. The molecule has 0 aromatic carbocycles. The molecule has 0 bridgehead atoms. The van der Waals surface area contributed by atoms with Crippen LogP contribution in [0, 0.1) is 0 Å². The number of carbonyl (C=O) groups excluding carboxylic acids is 2. The number of phosphoric acid groups is 1. The molecule has 408 valence electrons. The minimum atomic E-state index is -4.65. The minimum absolute atomic E-state index is 0.0450. The van der Waals surface area contributed by atoms with Crippen molar-refractivity contribution in [2.24, 2.45) is 0 Å². The average Bonchev–Trinajstić information content (AvgIpc) is 3.34. The zero-order chi connectivity index (χ0) is 52.7. The van der Waals surface area contributed by atoms with Crippen LogP contribution < -0.4 is 4.89 Å². The molecule has 0 aliphatic carbocycles. The topological polar surface area (TPSA) is 111 Å². The van der Waals surface area contributed by atoms with E-state index in [1.165, 1.54) is 25.7 Å². The molecule has 10 heteroatoms. The first-order valence-corrected chi connectivity index (χ1v) is 29.4. The molecular formula is C62H102NO8P. The fraction of sp³-hybridized carbons (Fsp3) is 0.613. The second-order valence-corrected chi connectivity index (χ2v) is 20.6. The summed E-state index contributed by atoms with van der Waals surface area (Å²) >= 11 is 0. The number of hydrogen-bond donors (Lipinski definition) is 0. The van der Waals surface area contributed by atoms with Crippen LogP contribution in [-0.2, 0) is 32.7 Å². The van der Waals surface area contributed by atoms with Crippen LogP contribution in [0.3, 0.4) is 0 Å². The minimum Gasteiger partial charge on any atom is -0.756 e. The van der Waals surface area contributed by atoms with Crippen molar-refractivity contribution in [3.05, 3.63) is 134 Å². The fourth-order valence-corrected chi connectivity index (χ4v) is 7.58. The standard InChI is InChI=1S/C62H102NO8P/c1-6-8-10-12-14-16-18-20-22-23-24-25-26-27-28-29-30-31-32-33-34-35-36-37-38-39-41-43-45-47-49-51-53-55-62(65)71-60(59-70-72(66,67)69-57-56-63(3,4)5)58-68-61(64)54-52-50-48-46-44-42-40-21-19-17-15-13-11-9-7-2/h8,10,14-17,20-22,24-25,27-28,30-31,33-34,36-37,39-41,60H,6-7,9,11-13,18-19,23,26,29,32,35,38,42-59H2,1-5H3/b10-8-,16-14-,17-15-,22-20-,25-24-,28-27-,31-30-,34-33-,37-36-,40-21-,41-39-. The highest BCUT2D eigenvalue weighted by Crippen LogP contribution is 2.38. The largest absolute Gasteiger partial charge is 0.756 e. The van der Waals surface area contributed by atoms with Gasteiger partial charge in [0.15, 0.2) is 6.10 Å². The maximum atomic E-state index is 12.8. The zero-order valence-electron chi connectivity index (χ0n) is 46.1. The lowest BCUT2D eigenvalue weighted by atomic mass is 10.1. The van der Waals surface area contributed by atoms with Crippen LogP contribution >= 0.6 is 7.82 Å². The lowest BCUT2D eigenvalue weighted by molar-refractivity contribution is -0.870. The maximum absolute atomic E-state index is 12.8. The van der Waals surface area contributed by atoms with Crippen LogP contribution in [0.1, 0.15) is 194 Å². The first kappa shape index (κ1) is 68.2. The van der Waals surface area contributed by atoms with Gasteiger partial charge in [-0.3, -0.25) is 14.2 Å². The molecule has 0 spiro atoms. The molecule has 0 N–H and O–H groups in total. The van der Waals surface area contributed by atoms with Crippen molar-refractivity contribution in [1.82, 2.24) is 0 Å². The molecular weight excluding hydrogens is 918 g/mol. The number of ether oxygens (including phenoxy) is 2. The Morgan fingerprint density at radius 3 is 1.18 bits per heavy atom. The Hall–Kier alpha value is -3.85. The Bertz CT molecular complexity index is 1670. The van der Waals surface area contributed by atoms with Gasteiger partial charge in [-0.1, -0.05) is 199 Å². The van der Waals surface area contributed by atoms with E-state index in [4.69, 9.17) is 18.5 Å². The van der Waals surface area contributed by atoms with Crippen molar-refractivity contribution >= 4 is 19.8 Å². The van der Waals surface area contributed by atoms with Gasteiger partial charge in [0.25, 0.3) is 7.82 Å². The number of likely N-dealkylation sites (N-methyl/N-ethyl adjacent to an activating group) is 1. The van der Waals surface area contributed by atoms with Crippen LogP contribution in [0.15, 0.2) is 134 Å². The summed E-state index contributed by atoms with van der Waals surface area (Å²) in [6, 6.07) is 0. The highest BCUT2D eigenvalue weighted by molar-refractivity contribution is 7.45. The summed E-state index contributed by atoms with van der Waals surface area (Å²) in [5, 5.41) is 0. The summed E-state index contributed by atoms with van der Waals surface area (Å²) in [5.41, 5.74) is 0.